The zero-order chi connectivity index (χ0) is 17.8. The minimum Gasteiger partial charge on any atom is -0.464 e. The third-order valence-corrected chi connectivity index (χ3v) is 6.20. The van der Waals surface area contributed by atoms with Crippen LogP contribution < -0.4 is 0 Å². The van der Waals surface area contributed by atoms with Gasteiger partial charge in [0, 0.05) is 17.1 Å². The number of carbonyl (C=O) groups excluding carboxylic acids is 2. The van der Waals surface area contributed by atoms with Gasteiger partial charge in [0.25, 0.3) is 6.47 Å². The number of ether oxygens (including phenoxy) is 1. The molecule has 4 nitrogen and oxygen atoms in total. The second-order valence-electron chi connectivity index (χ2n) is 7.18. The third-order valence-electron chi connectivity index (χ3n) is 5.73. The van der Waals surface area contributed by atoms with Gasteiger partial charge in [-0.25, -0.2) is 0 Å². The van der Waals surface area contributed by atoms with Crippen LogP contribution in [-0.4, -0.2) is 23.3 Å². The Hall–Kier alpha value is -1.49. The number of hydrogen-bond acceptors (Lipinski definition) is 4. The van der Waals surface area contributed by atoms with Gasteiger partial charge >= 0.3 is 0 Å². The average molecular weight is 406 g/mol. The van der Waals surface area contributed by atoms with Crippen LogP contribution >= 0.6 is 15.9 Å². The highest BCUT2D eigenvalue weighted by molar-refractivity contribution is 9.10. The molecule has 2 fully saturated rings. The maximum atomic E-state index is 12.8. The lowest BCUT2D eigenvalue weighted by atomic mass is 9.60. The molecule has 3 rings (SSSR count). The molecule has 25 heavy (non-hydrogen) atoms. The molecule has 134 valence electrons. The molecule has 1 aromatic rings. The number of halogens is 1. The number of carbonyl (C=O) groups is 2. The van der Waals surface area contributed by atoms with Gasteiger partial charge in [0.1, 0.15) is 11.9 Å². The normalized spacial score (nSPS) is 30.7. The van der Waals surface area contributed by atoms with E-state index in [9.17, 15) is 9.59 Å². The maximum absolute atomic E-state index is 12.8. The minimum absolute atomic E-state index is 0.104. The predicted octanol–water partition coefficient (Wildman–Crippen LogP) is 4.43. The molecule has 0 radical (unpaired) electrons. The monoisotopic (exact) mass is 405 g/mol. The molecule has 0 N–H and O–H groups in total. The third kappa shape index (κ3) is 4.20. The van der Waals surface area contributed by atoms with Gasteiger partial charge < -0.3 is 4.74 Å². The fraction of sp³-hybridized carbons (Fsp3) is 0.550. The van der Waals surface area contributed by atoms with Crippen molar-refractivity contribution in [2.24, 2.45) is 23.7 Å². The summed E-state index contributed by atoms with van der Waals surface area (Å²) in [6.45, 7) is 2.29. The highest BCUT2D eigenvalue weighted by Gasteiger charge is 2.46. The van der Waals surface area contributed by atoms with Crippen molar-refractivity contribution in [3.8, 4) is 0 Å². The van der Waals surface area contributed by atoms with Crippen molar-refractivity contribution >= 4 is 34.3 Å². The number of fused-ring (bicyclic) bond motifs is 1. The lowest BCUT2D eigenvalue weighted by Gasteiger charge is -2.45. The molecule has 5 heteroatoms. The zero-order valence-electron chi connectivity index (χ0n) is 14.4. The molecular formula is C20H24BrNO3. The van der Waals surface area contributed by atoms with Crippen molar-refractivity contribution in [1.29, 1.82) is 0 Å². The Balaban J connectivity index is 1.88. The summed E-state index contributed by atoms with van der Waals surface area (Å²) in [7, 11) is 0. The molecule has 1 aromatic heterocycles. The summed E-state index contributed by atoms with van der Waals surface area (Å²) in [6.07, 6.45) is 10.8. The first-order chi connectivity index (χ1) is 12.1. The van der Waals surface area contributed by atoms with Gasteiger partial charge in [-0.15, -0.1) is 0 Å². The summed E-state index contributed by atoms with van der Waals surface area (Å²) >= 11 is 3.39. The van der Waals surface area contributed by atoms with Gasteiger partial charge in [-0.05, 0) is 71.7 Å². The van der Waals surface area contributed by atoms with Crippen molar-refractivity contribution in [3.05, 3.63) is 34.6 Å². The van der Waals surface area contributed by atoms with Crippen LogP contribution in [0.1, 0.15) is 44.7 Å². The first-order valence-corrected chi connectivity index (χ1v) is 9.81. The van der Waals surface area contributed by atoms with Crippen LogP contribution in [0.3, 0.4) is 0 Å². The SMILES string of the molecule is C[C@@H](OC=O)C1C(=O)C[C@@H]2CCCC[C@H]2[C@@H]1C=Cc1ccc(Br)cn1. The van der Waals surface area contributed by atoms with Gasteiger partial charge in [0.2, 0.25) is 0 Å². The average Bonchev–Trinajstić information content (AvgIpc) is 2.60. The number of allylic oxidation sites excluding steroid dienone is 1. The van der Waals surface area contributed by atoms with Crippen molar-refractivity contribution < 1.29 is 14.3 Å². The van der Waals surface area contributed by atoms with Crippen LogP contribution in [0.25, 0.3) is 6.08 Å². The Bertz CT molecular complexity index is 643. The van der Waals surface area contributed by atoms with Crippen molar-refractivity contribution in [3.63, 3.8) is 0 Å². The van der Waals surface area contributed by atoms with Crippen LogP contribution in [0.4, 0.5) is 0 Å². The van der Waals surface area contributed by atoms with Crippen LogP contribution in [-0.2, 0) is 14.3 Å². The highest BCUT2D eigenvalue weighted by atomic mass is 79.9. The lowest BCUT2D eigenvalue weighted by Crippen LogP contribution is -2.46. The molecule has 2 aliphatic rings. The first kappa shape index (κ1) is 18.3. The molecule has 0 aliphatic heterocycles. The molecular weight excluding hydrogens is 382 g/mol. The Labute approximate surface area is 157 Å². The number of rotatable bonds is 5. The molecule has 0 amide bonds. The van der Waals surface area contributed by atoms with E-state index in [0.29, 0.717) is 24.7 Å². The summed E-state index contributed by atoms with van der Waals surface area (Å²) in [6, 6.07) is 3.90. The first-order valence-electron chi connectivity index (χ1n) is 9.01. The van der Waals surface area contributed by atoms with E-state index in [2.05, 4.69) is 27.0 Å². The van der Waals surface area contributed by atoms with E-state index >= 15 is 0 Å². The van der Waals surface area contributed by atoms with Gasteiger partial charge in [-0.1, -0.05) is 18.9 Å². The topological polar surface area (TPSA) is 56.3 Å². The number of hydrogen-bond donors (Lipinski definition) is 0. The number of nitrogens with zero attached hydrogens (tertiary/aromatic N) is 1. The summed E-state index contributed by atoms with van der Waals surface area (Å²) < 4.78 is 6.11. The number of aromatic nitrogens is 1. The van der Waals surface area contributed by atoms with E-state index in [0.717, 1.165) is 23.0 Å². The Kier molecular flexibility index (Phi) is 6.05. The van der Waals surface area contributed by atoms with Crippen LogP contribution in [0.15, 0.2) is 28.9 Å². The van der Waals surface area contributed by atoms with Crippen molar-refractivity contribution in [2.45, 2.75) is 45.1 Å². The Morgan fingerprint density at radius 3 is 2.84 bits per heavy atom. The second-order valence-corrected chi connectivity index (χ2v) is 8.10. The van der Waals surface area contributed by atoms with E-state index < -0.39 is 0 Å². The molecule has 0 aromatic carbocycles. The second kappa shape index (κ2) is 8.26. The van der Waals surface area contributed by atoms with Gasteiger partial charge in [0.15, 0.2) is 0 Å². The van der Waals surface area contributed by atoms with E-state index in [-0.39, 0.29) is 23.7 Å². The Morgan fingerprint density at radius 1 is 1.32 bits per heavy atom. The summed E-state index contributed by atoms with van der Waals surface area (Å²) in [5.41, 5.74) is 0.872. The maximum Gasteiger partial charge on any atom is 0.293 e. The van der Waals surface area contributed by atoms with Crippen molar-refractivity contribution in [1.82, 2.24) is 4.98 Å². The fourth-order valence-electron chi connectivity index (χ4n) is 4.58. The quantitative estimate of drug-likeness (QED) is 0.679. The zero-order valence-corrected chi connectivity index (χ0v) is 16.0. The molecule has 0 spiro atoms. The summed E-state index contributed by atoms with van der Waals surface area (Å²) in [4.78, 5) is 28.0. The summed E-state index contributed by atoms with van der Waals surface area (Å²) in [5, 5.41) is 0. The standard InChI is InChI=1S/C20H24BrNO3/c1-13(25-12-23)20-18(9-8-16-7-6-15(21)11-22-16)17-5-3-2-4-14(17)10-19(20)24/h6-9,11-14,17-18,20H,2-5,10H2,1H3/t13-,14+,17-,18+,20?/m1/s1. The van der Waals surface area contributed by atoms with E-state index in [1.165, 1.54) is 12.8 Å². The fourth-order valence-corrected chi connectivity index (χ4v) is 4.81. The van der Waals surface area contributed by atoms with Gasteiger partial charge in [0.05, 0.1) is 11.6 Å². The number of pyridine rings is 1. The predicted molar refractivity (Wildman–Crippen MR) is 99.6 cm³/mol. The molecule has 0 saturated heterocycles. The van der Waals surface area contributed by atoms with Gasteiger partial charge in [-0.2, -0.15) is 0 Å². The Morgan fingerprint density at radius 2 is 2.12 bits per heavy atom. The molecule has 2 aliphatic carbocycles. The molecule has 1 unspecified atom stereocenters. The van der Waals surface area contributed by atoms with E-state index in [1.54, 1.807) is 6.20 Å². The molecule has 1 heterocycles. The highest BCUT2D eigenvalue weighted by Crippen LogP contribution is 2.47. The van der Waals surface area contributed by atoms with E-state index in [4.69, 9.17) is 4.74 Å². The van der Waals surface area contributed by atoms with Crippen LogP contribution in [0.5, 0.6) is 0 Å². The summed E-state index contributed by atoms with van der Waals surface area (Å²) in [5.74, 6) is 1.04. The van der Waals surface area contributed by atoms with Crippen LogP contribution in [0, 0.1) is 23.7 Å². The number of ketones is 1. The number of Topliss-reactive ketones (excluding diaryl/α,β-unsaturated/α-hetero) is 1. The minimum atomic E-state index is -0.389. The molecule has 5 atom stereocenters. The van der Waals surface area contributed by atoms with Gasteiger partial charge in [-0.3, -0.25) is 14.6 Å². The van der Waals surface area contributed by atoms with Crippen LogP contribution in [0.2, 0.25) is 0 Å². The molecule has 2 saturated carbocycles. The lowest BCUT2D eigenvalue weighted by molar-refractivity contribution is -0.145. The smallest absolute Gasteiger partial charge is 0.293 e. The molecule has 0 bridgehead atoms. The van der Waals surface area contributed by atoms with E-state index in [1.807, 2.05) is 25.1 Å². The van der Waals surface area contributed by atoms with Crippen molar-refractivity contribution in [2.75, 3.05) is 0 Å². The largest absolute Gasteiger partial charge is 0.464 e.